The molecule has 0 atom stereocenters. The normalized spacial score (nSPS) is 9.29. The van der Waals surface area contributed by atoms with Gasteiger partial charge in [-0.2, -0.15) is 0 Å². The van der Waals surface area contributed by atoms with E-state index < -0.39 is 0 Å². The molecule has 0 aliphatic heterocycles. The maximum atomic E-state index is 13.1. The van der Waals surface area contributed by atoms with E-state index in [4.69, 9.17) is 0 Å². The zero-order valence-electron chi connectivity index (χ0n) is 9.39. The first kappa shape index (κ1) is 13.0. The van der Waals surface area contributed by atoms with E-state index in [1.807, 2.05) is 0 Å². The van der Waals surface area contributed by atoms with Crippen LogP contribution in [-0.4, -0.2) is 18.2 Å². The van der Waals surface area contributed by atoms with Gasteiger partial charge in [-0.3, -0.25) is 4.79 Å². The Morgan fingerprint density at radius 2 is 1.88 bits per heavy atom. The number of fused-ring (bicyclic) bond motifs is 1. The van der Waals surface area contributed by atoms with Crippen LogP contribution in [0.2, 0.25) is 0 Å². The number of rotatable bonds is 2. The molecule has 0 radical (unpaired) electrons. The first-order valence-electron chi connectivity index (χ1n) is 5.12. The first-order valence-corrected chi connectivity index (χ1v) is 5.12. The molecular formula is C13H13FO3. The number of hydrogen-bond donors (Lipinski definition) is 1. The molecule has 0 amide bonds. The molecule has 0 aromatic heterocycles. The monoisotopic (exact) mass is 236 g/mol. The number of ether oxygens (including phenoxy) is 1. The van der Waals surface area contributed by atoms with Crippen molar-refractivity contribution in [2.75, 3.05) is 6.61 Å². The van der Waals surface area contributed by atoms with E-state index in [0.29, 0.717) is 23.9 Å². The van der Waals surface area contributed by atoms with Crippen LogP contribution in [0.4, 0.5) is 4.39 Å². The molecule has 0 aliphatic rings. The highest BCUT2D eigenvalue weighted by Gasteiger charge is 2.02. The van der Waals surface area contributed by atoms with Gasteiger partial charge in [0.15, 0.2) is 0 Å². The molecular weight excluding hydrogens is 223 g/mol. The van der Waals surface area contributed by atoms with Crippen molar-refractivity contribution in [2.45, 2.75) is 6.92 Å². The van der Waals surface area contributed by atoms with E-state index in [0.717, 1.165) is 0 Å². The zero-order chi connectivity index (χ0) is 12.7. The van der Waals surface area contributed by atoms with Gasteiger partial charge in [0.1, 0.15) is 11.6 Å². The second-order valence-corrected chi connectivity index (χ2v) is 3.16. The summed E-state index contributed by atoms with van der Waals surface area (Å²) in [6, 6.07) is 9.46. The molecule has 2 aromatic carbocycles. The van der Waals surface area contributed by atoms with Crippen molar-refractivity contribution >= 4 is 17.2 Å². The van der Waals surface area contributed by atoms with Crippen molar-refractivity contribution in [1.82, 2.24) is 0 Å². The second-order valence-electron chi connectivity index (χ2n) is 3.16. The number of phenols is 1. The summed E-state index contributed by atoms with van der Waals surface area (Å²) in [6.45, 7) is 2.66. The van der Waals surface area contributed by atoms with Crippen LogP contribution in [-0.2, 0) is 9.53 Å². The van der Waals surface area contributed by atoms with Crippen molar-refractivity contribution in [3.05, 3.63) is 42.2 Å². The fourth-order valence-electron chi connectivity index (χ4n) is 1.31. The Labute approximate surface area is 98.4 Å². The molecule has 0 saturated carbocycles. The second kappa shape index (κ2) is 6.48. The number of hydrogen-bond acceptors (Lipinski definition) is 3. The molecule has 2 aromatic rings. The quantitative estimate of drug-likeness (QED) is 0.815. The molecule has 0 saturated heterocycles. The summed E-state index contributed by atoms with van der Waals surface area (Å²) >= 11 is 0. The van der Waals surface area contributed by atoms with E-state index in [9.17, 15) is 14.3 Å². The Balaban J connectivity index is 0.000000249. The highest BCUT2D eigenvalue weighted by molar-refractivity contribution is 5.88. The smallest absolute Gasteiger partial charge is 0.293 e. The minimum absolute atomic E-state index is 0.118. The van der Waals surface area contributed by atoms with E-state index in [1.165, 1.54) is 12.1 Å². The Hall–Kier alpha value is -2.10. The lowest BCUT2D eigenvalue weighted by atomic mass is 10.1. The molecule has 1 N–H and O–H groups in total. The molecule has 0 unspecified atom stereocenters. The maximum Gasteiger partial charge on any atom is 0.293 e. The van der Waals surface area contributed by atoms with E-state index >= 15 is 0 Å². The lowest BCUT2D eigenvalue weighted by molar-refractivity contribution is -0.128. The summed E-state index contributed by atoms with van der Waals surface area (Å²) < 4.78 is 17.2. The molecule has 0 bridgehead atoms. The van der Waals surface area contributed by atoms with Crippen LogP contribution in [0.25, 0.3) is 10.8 Å². The number of benzene rings is 2. The van der Waals surface area contributed by atoms with Crippen molar-refractivity contribution in [3.63, 3.8) is 0 Å². The van der Waals surface area contributed by atoms with Crippen molar-refractivity contribution in [1.29, 1.82) is 0 Å². The third-order valence-corrected chi connectivity index (χ3v) is 2.08. The van der Waals surface area contributed by atoms with E-state index in [-0.39, 0.29) is 11.6 Å². The van der Waals surface area contributed by atoms with Crippen LogP contribution in [0.15, 0.2) is 36.4 Å². The molecule has 0 aliphatic carbocycles. The van der Waals surface area contributed by atoms with Crippen LogP contribution >= 0.6 is 0 Å². The van der Waals surface area contributed by atoms with Crippen LogP contribution in [0, 0.1) is 5.82 Å². The molecule has 3 nitrogen and oxygen atoms in total. The Morgan fingerprint density at radius 3 is 2.35 bits per heavy atom. The van der Waals surface area contributed by atoms with Crippen molar-refractivity contribution in [2.24, 2.45) is 0 Å². The summed E-state index contributed by atoms with van der Waals surface area (Å²) in [5, 5.41) is 10.3. The van der Waals surface area contributed by atoms with Gasteiger partial charge >= 0.3 is 0 Å². The number of carbonyl (C=O) groups excluding carboxylic acids is 1. The van der Waals surface area contributed by atoms with Crippen LogP contribution in [0.1, 0.15) is 6.92 Å². The molecule has 17 heavy (non-hydrogen) atoms. The highest BCUT2D eigenvalue weighted by atomic mass is 19.1. The predicted octanol–water partition coefficient (Wildman–Crippen LogP) is 2.86. The highest BCUT2D eigenvalue weighted by Crippen LogP contribution is 2.25. The standard InChI is InChI=1S/C10H7FO.C3H6O2/c11-9-5-6-10(12)8-4-2-1-3-7(8)9;1-2-5-3-4/h1-6,12H;3H,2H2,1H3. The predicted molar refractivity (Wildman–Crippen MR) is 63.3 cm³/mol. The first-order chi connectivity index (χ1) is 8.20. The number of aromatic hydroxyl groups is 1. The van der Waals surface area contributed by atoms with Gasteiger partial charge in [0, 0.05) is 10.8 Å². The molecule has 0 spiro atoms. The minimum Gasteiger partial charge on any atom is -0.507 e. The van der Waals surface area contributed by atoms with Gasteiger partial charge in [-0.15, -0.1) is 0 Å². The fourth-order valence-corrected chi connectivity index (χ4v) is 1.31. The van der Waals surface area contributed by atoms with Gasteiger partial charge in [-0.05, 0) is 19.1 Å². The number of carbonyl (C=O) groups is 1. The van der Waals surface area contributed by atoms with Gasteiger partial charge < -0.3 is 9.84 Å². The van der Waals surface area contributed by atoms with Crippen LogP contribution in [0.5, 0.6) is 5.75 Å². The molecule has 4 heteroatoms. The number of phenolic OH excluding ortho intramolecular Hbond substituents is 1. The molecule has 0 fully saturated rings. The Morgan fingerprint density at radius 1 is 1.24 bits per heavy atom. The largest absolute Gasteiger partial charge is 0.507 e. The van der Waals surface area contributed by atoms with Crippen molar-refractivity contribution < 1.29 is 19.0 Å². The topological polar surface area (TPSA) is 46.5 Å². The van der Waals surface area contributed by atoms with Crippen molar-refractivity contribution in [3.8, 4) is 5.75 Å². The van der Waals surface area contributed by atoms with Gasteiger partial charge in [0.25, 0.3) is 6.47 Å². The summed E-state index contributed by atoms with van der Waals surface area (Å²) in [4.78, 5) is 9.18. The average Bonchev–Trinajstić information content (AvgIpc) is 2.36. The van der Waals surface area contributed by atoms with E-state index in [2.05, 4.69) is 4.74 Å². The van der Waals surface area contributed by atoms with Crippen LogP contribution in [0.3, 0.4) is 0 Å². The lowest BCUT2D eigenvalue weighted by Gasteiger charge is -2.00. The Kier molecular flexibility index (Phi) is 4.94. The lowest BCUT2D eigenvalue weighted by Crippen LogP contribution is -1.80. The summed E-state index contributed by atoms with van der Waals surface area (Å²) in [6.07, 6.45) is 0. The average molecular weight is 236 g/mol. The maximum absolute atomic E-state index is 13.1. The Bertz CT molecular complexity index is 456. The van der Waals surface area contributed by atoms with Gasteiger partial charge in [-0.25, -0.2) is 4.39 Å². The fraction of sp³-hybridized carbons (Fsp3) is 0.154. The van der Waals surface area contributed by atoms with Gasteiger partial charge in [0.05, 0.1) is 6.61 Å². The van der Waals surface area contributed by atoms with E-state index in [1.54, 1.807) is 31.2 Å². The SMILES string of the molecule is CCOC=O.Oc1ccc(F)c2ccccc12. The van der Waals surface area contributed by atoms with Gasteiger partial charge in [-0.1, -0.05) is 24.3 Å². The van der Waals surface area contributed by atoms with Gasteiger partial charge in [0.2, 0.25) is 0 Å². The molecule has 2 rings (SSSR count). The minimum atomic E-state index is -0.302. The summed E-state index contributed by atoms with van der Waals surface area (Å²) in [5.41, 5.74) is 0. The summed E-state index contributed by atoms with van der Waals surface area (Å²) in [5.74, 6) is -0.185. The molecule has 0 heterocycles. The van der Waals surface area contributed by atoms with Crippen LogP contribution < -0.4 is 0 Å². The summed E-state index contributed by atoms with van der Waals surface area (Å²) in [7, 11) is 0. The molecule has 90 valence electrons. The third-order valence-electron chi connectivity index (χ3n) is 2.08. The number of halogens is 1. The zero-order valence-corrected chi connectivity index (χ0v) is 9.39. The third kappa shape index (κ3) is 3.45.